The van der Waals surface area contributed by atoms with Crippen LogP contribution in [-0.2, 0) is 23.9 Å². The van der Waals surface area contributed by atoms with Gasteiger partial charge in [0.1, 0.15) is 5.92 Å². The number of esters is 1. The molecule has 30 heavy (non-hydrogen) atoms. The lowest BCUT2D eigenvalue weighted by Gasteiger charge is -2.55. The van der Waals surface area contributed by atoms with Crippen molar-refractivity contribution in [3.63, 3.8) is 0 Å². The van der Waals surface area contributed by atoms with Gasteiger partial charge in [-0.2, -0.15) is 0 Å². The molecule has 6 rings (SSSR count). The first-order valence-corrected chi connectivity index (χ1v) is 11.4. The van der Waals surface area contributed by atoms with Crippen molar-refractivity contribution in [3.8, 4) is 0 Å². The average Bonchev–Trinajstić information content (AvgIpc) is 2.90. The lowest BCUT2D eigenvalue weighted by atomic mass is 9.46. The van der Waals surface area contributed by atoms with E-state index in [1.165, 1.54) is 6.08 Å². The molecule has 0 radical (unpaired) electrons. The van der Waals surface area contributed by atoms with Crippen molar-refractivity contribution in [2.75, 3.05) is 0 Å². The van der Waals surface area contributed by atoms with Crippen LogP contribution in [0.25, 0.3) is 0 Å². The molecule has 1 saturated heterocycles. The number of fused-ring (bicyclic) bond motifs is 4. The molecule has 1 aliphatic heterocycles. The Balaban J connectivity index is 1.45. The molecule has 0 aromatic rings. The first-order chi connectivity index (χ1) is 14.4. The number of primary amides is 1. The summed E-state index contributed by atoms with van der Waals surface area (Å²) in [4.78, 5) is 51.0. The van der Waals surface area contributed by atoms with Crippen LogP contribution in [0.15, 0.2) is 23.8 Å². The Morgan fingerprint density at radius 3 is 2.70 bits per heavy atom. The van der Waals surface area contributed by atoms with E-state index in [9.17, 15) is 19.2 Å². The molecule has 2 N–H and O–H groups in total. The maximum Gasteiger partial charge on any atom is 0.313 e. The van der Waals surface area contributed by atoms with E-state index in [0.717, 1.165) is 56.9 Å². The SMILES string of the molecule is NC(=O)C1C(=O)C=CC2C3=CC(=O)C45OC(=O)C6(CCCCC64)CCC5C3CCC21. The zero-order valence-electron chi connectivity index (χ0n) is 17.0. The Hall–Kier alpha value is -2.24. The number of rotatable bonds is 1. The molecule has 0 aromatic heterocycles. The van der Waals surface area contributed by atoms with Gasteiger partial charge in [-0.15, -0.1) is 0 Å². The normalized spacial score (nSPS) is 48.7. The third-order valence-corrected chi connectivity index (χ3v) is 9.43. The van der Waals surface area contributed by atoms with Crippen LogP contribution in [0.5, 0.6) is 0 Å². The summed E-state index contributed by atoms with van der Waals surface area (Å²) in [5.41, 5.74) is 5.14. The highest BCUT2D eigenvalue weighted by Crippen LogP contribution is 2.67. The quantitative estimate of drug-likeness (QED) is 0.528. The summed E-state index contributed by atoms with van der Waals surface area (Å²) in [5.74, 6) is -1.96. The second kappa shape index (κ2) is 5.92. The predicted octanol–water partition coefficient (Wildman–Crippen LogP) is 2.26. The van der Waals surface area contributed by atoms with Crippen molar-refractivity contribution in [1.29, 1.82) is 0 Å². The van der Waals surface area contributed by atoms with Crippen LogP contribution in [0.3, 0.4) is 0 Å². The van der Waals surface area contributed by atoms with Gasteiger partial charge in [0.05, 0.1) is 5.41 Å². The highest BCUT2D eigenvalue weighted by molar-refractivity contribution is 6.08. The Morgan fingerprint density at radius 1 is 1.07 bits per heavy atom. The lowest BCUT2D eigenvalue weighted by molar-refractivity contribution is -0.168. The van der Waals surface area contributed by atoms with Crippen LogP contribution in [0.4, 0.5) is 0 Å². The molecule has 8 atom stereocenters. The maximum atomic E-state index is 13.7. The minimum absolute atomic E-state index is 0.00475. The van der Waals surface area contributed by atoms with Crippen molar-refractivity contribution in [1.82, 2.24) is 0 Å². The van der Waals surface area contributed by atoms with Gasteiger partial charge in [0.15, 0.2) is 17.2 Å². The maximum absolute atomic E-state index is 13.7. The van der Waals surface area contributed by atoms with Crippen molar-refractivity contribution < 1.29 is 23.9 Å². The van der Waals surface area contributed by atoms with Crippen LogP contribution < -0.4 is 5.73 Å². The lowest BCUT2D eigenvalue weighted by Crippen LogP contribution is -2.61. The molecule has 1 spiro atoms. The second-order valence-electron chi connectivity index (χ2n) is 10.3. The van der Waals surface area contributed by atoms with Gasteiger partial charge in [0.25, 0.3) is 0 Å². The standard InChI is InChI=1S/C24H27NO5/c25-21(28)20-14-5-4-13-15(12(14)6-7-17(20)26)11-19(27)24-16(13)8-10-23(22(29)30-24)9-2-1-3-18(23)24/h6-7,11-14,16,18,20H,1-5,8-10H2,(H2,25,28). The van der Waals surface area contributed by atoms with Crippen LogP contribution in [0.1, 0.15) is 51.4 Å². The summed E-state index contributed by atoms with van der Waals surface area (Å²) in [6, 6.07) is 0. The number of hydrogen-bond donors (Lipinski definition) is 1. The number of amides is 1. The van der Waals surface area contributed by atoms with E-state index in [0.29, 0.717) is 0 Å². The van der Waals surface area contributed by atoms with Crippen molar-refractivity contribution in [2.24, 2.45) is 46.7 Å². The van der Waals surface area contributed by atoms with E-state index in [2.05, 4.69) is 0 Å². The Kier molecular flexibility index (Phi) is 3.66. The first-order valence-electron chi connectivity index (χ1n) is 11.4. The number of carbonyl (C=O) groups excluding carboxylic acids is 4. The molecule has 5 aliphatic carbocycles. The summed E-state index contributed by atoms with van der Waals surface area (Å²) in [5, 5.41) is 0. The Morgan fingerprint density at radius 2 is 1.90 bits per heavy atom. The summed E-state index contributed by atoms with van der Waals surface area (Å²) in [6.07, 6.45) is 12.0. The van der Waals surface area contributed by atoms with Gasteiger partial charge >= 0.3 is 5.97 Å². The largest absolute Gasteiger partial charge is 0.450 e. The number of carbonyl (C=O) groups is 4. The van der Waals surface area contributed by atoms with E-state index < -0.39 is 22.8 Å². The zero-order valence-corrected chi connectivity index (χ0v) is 17.0. The van der Waals surface area contributed by atoms with Gasteiger partial charge in [-0.3, -0.25) is 19.2 Å². The number of allylic oxidation sites excluding steroid dienone is 3. The summed E-state index contributed by atoms with van der Waals surface area (Å²) in [6.45, 7) is 0. The molecule has 158 valence electrons. The van der Waals surface area contributed by atoms with Gasteiger partial charge in [0, 0.05) is 17.8 Å². The minimum Gasteiger partial charge on any atom is -0.450 e. The third-order valence-electron chi connectivity index (χ3n) is 9.43. The van der Waals surface area contributed by atoms with Gasteiger partial charge in [0.2, 0.25) is 5.91 Å². The van der Waals surface area contributed by atoms with E-state index >= 15 is 0 Å². The Bertz CT molecular complexity index is 949. The van der Waals surface area contributed by atoms with E-state index in [1.807, 2.05) is 6.08 Å². The fraction of sp³-hybridized carbons (Fsp3) is 0.667. The average molecular weight is 409 g/mol. The molecule has 3 saturated carbocycles. The number of ether oxygens (including phenoxy) is 1. The molecule has 8 unspecified atom stereocenters. The highest BCUT2D eigenvalue weighted by Gasteiger charge is 2.74. The monoisotopic (exact) mass is 409 g/mol. The molecule has 1 amide bonds. The molecule has 6 nitrogen and oxygen atoms in total. The molecular weight excluding hydrogens is 382 g/mol. The van der Waals surface area contributed by atoms with Gasteiger partial charge < -0.3 is 10.5 Å². The number of nitrogens with two attached hydrogens (primary N) is 1. The summed E-state index contributed by atoms with van der Waals surface area (Å²) in [7, 11) is 0. The predicted molar refractivity (Wildman–Crippen MR) is 106 cm³/mol. The smallest absolute Gasteiger partial charge is 0.313 e. The van der Waals surface area contributed by atoms with Gasteiger partial charge in [-0.25, -0.2) is 0 Å². The topological polar surface area (TPSA) is 104 Å². The van der Waals surface area contributed by atoms with Gasteiger partial charge in [-0.1, -0.05) is 24.5 Å². The van der Waals surface area contributed by atoms with Crippen LogP contribution in [-0.4, -0.2) is 29.0 Å². The van der Waals surface area contributed by atoms with Gasteiger partial charge in [-0.05, 0) is 62.5 Å². The van der Waals surface area contributed by atoms with Crippen LogP contribution in [0, 0.1) is 40.9 Å². The molecular formula is C24H27NO5. The summed E-state index contributed by atoms with van der Waals surface area (Å²) < 4.78 is 6.11. The van der Waals surface area contributed by atoms with E-state index in [4.69, 9.17) is 10.5 Å². The van der Waals surface area contributed by atoms with E-state index in [-0.39, 0.29) is 47.1 Å². The molecule has 6 heteroatoms. The van der Waals surface area contributed by atoms with Crippen molar-refractivity contribution in [3.05, 3.63) is 23.8 Å². The second-order valence-corrected chi connectivity index (χ2v) is 10.3. The number of hydrogen-bond acceptors (Lipinski definition) is 5. The Labute approximate surface area is 175 Å². The van der Waals surface area contributed by atoms with E-state index in [1.54, 1.807) is 6.08 Å². The van der Waals surface area contributed by atoms with Crippen LogP contribution in [0.2, 0.25) is 0 Å². The molecule has 2 bridgehead atoms. The molecule has 4 fully saturated rings. The van der Waals surface area contributed by atoms with Crippen molar-refractivity contribution >= 4 is 23.4 Å². The highest BCUT2D eigenvalue weighted by atomic mass is 16.6. The first kappa shape index (κ1) is 18.5. The molecule has 1 heterocycles. The molecule has 6 aliphatic rings. The minimum atomic E-state index is -0.992. The fourth-order valence-corrected chi connectivity index (χ4v) is 8.31. The fourth-order valence-electron chi connectivity index (χ4n) is 8.31. The molecule has 0 aromatic carbocycles. The number of ketones is 2. The van der Waals surface area contributed by atoms with Crippen molar-refractivity contribution in [2.45, 2.75) is 57.0 Å². The van der Waals surface area contributed by atoms with Crippen LogP contribution >= 0.6 is 0 Å². The zero-order chi connectivity index (χ0) is 20.8. The third kappa shape index (κ3) is 2.00. The summed E-state index contributed by atoms with van der Waals surface area (Å²) >= 11 is 0.